The van der Waals surface area contributed by atoms with Crippen molar-refractivity contribution >= 4 is 11.8 Å². The fourth-order valence-electron chi connectivity index (χ4n) is 1.62. The molecule has 1 N–H and O–H groups in total. The molecule has 1 fully saturated rings. The molecule has 1 unspecified atom stereocenters. The third kappa shape index (κ3) is 1.80. The lowest BCUT2D eigenvalue weighted by atomic mass is 10.2. The highest BCUT2D eigenvalue weighted by Gasteiger charge is 2.33. The average Bonchev–Trinajstić information content (AvgIpc) is 2.61. The number of carbonyl (C=O) groups excluding carboxylic acids is 1. The molecule has 1 saturated heterocycles. The van der Waals surface area contributed by atoms with Gasteiger partial charge in [-0.2, -0.15) is 0 Å². The fourth-order valence-corrected chi connectivity index (χ4v) is 1.62. The van der Waals surface area contributed by atoms with Crippen molar-refractivity contribution in [1.82, 2.24) is 0 Å². The number of ether oxygens (including phenoxy) is 1. The fraction of sp³-hybridized carbons (Fsp3) is 0.364. The van der Waals surface area contributed by atoms with E-state index in [4.69, 9.17) is 9.84 Å². The number of nitrogens with zero attached hydrogens (tertiary/aromatic N) is 1. The van der Waals surface area contributed by atoms with Gasteiger partial charge in [-0.15, -0.1) is 0 Å². The molecule has 1 heterocycles. The summed E-state index contributed by atoms with van der Waals surface area (Å²) in [6, 6.07) is 7.29. The minimum atomic E-state index is -0.391. The van der Waals surface area contributed by atoms with E-state index in [-0.39, 0.29) is 19.3 Å². The summed E-state index contributed by atoms with van der Waals surface area (Å²) in [6.45, 7) is 2.15. The maximum Gasteiger partial charge on any atom is 0.414 e. The predicted molar refractivity (Wildman–Crippen MR) is 55.9 cm³/mol. The Morgan fingerprint density at radius 1 is 1.47 bits per heavy atom. The van der Waals surface area contributed by atoms with E-state index in [0.29, 0.717) is 0 Å². The average molecular weight is 207 g/mol. The van der Waals surface area contributed by atoms with Crippen LogP contribution in [0.4, 0.5) is 10.5 Å². The topological polar surface area (TPSA) is 49.8 Å². The largest absolute Gasteiger partial charge is 0.447 e. The molecule has 1 amide bonds. The molecule has 0 aromatic heterocycles. The summed E-state index contributed by atoms with van der Waals surface area (Å²) in [6.07, 6.45) is -0.391. The van der Waals surface area contributed by atoms with Crippen molar-refractivity contribution in [2.24, 2.45) is 0 Å². The van der Waals surface area contributed by atoms with Crippen LogP contribution in [0.3, 0.4) is 0 Å². The third-order valence-electron chi connectivity index (χ3n) is 2.48. The predicted octanol–water partition coefficient (Wildman–Crippen LogP) is 1.31. The molecular weight excluding hydrogens is 194 g/mol. The van der Waals surface area contributed by atoms with E-state index in [1.165, 1.54) is 4.90 Å². The van der Waals surface area contributed by atoms with Crippen molar-refractivity contribution in [2.75, 3.05) is 18.1 Å². The normalized spacial score (nSPS) is 20.5. The molecule has 2 rings (SSSR count). The number of hydrogen-bond acceptors (Lipinski definition) is 3. The number of anilines is 1. The maximum absolute atomic E-state index is 11.4. The number of aliphatic hydroxyl groups excluding tert-OH is 1. The minimum Gasteiger partial charge on any atom is -0.447 e. The van der Waals surface area contributed by atoms with Crippen LogP contribution < -0.4 is 4.90 Å². The van der Waals surface area contributed by atoms with Gasteiger partial charge in [0.25, 0.3) is 0 Å². The number of carbonyl (C=O) groups is 1. The molecule has 0 aliphatic carbocycles. The Bertz CT molecular complexity index is 361. The molecule has 4 heteroatoms. The summed E-state index contributed by atoms with van der Waals surface area (Å²) >= 11 is 0. The summed E-state index contributed by atoms with van der Waals surface area (Å²) in [5.74, 6) is 0. The van der Waals surface area contributed by atoms with Crippen LogP contribution in [0, 0.1) is 6.92 Å². The van der Waals surface area contributed by atoms with Gasteiger partial charge >= 0.3 is 6.09 Å². The van der Waals surface area contributed by atoms with E-state index < -0.39 is 6.09 Å². The number of aliphatic hydroxyl groups is 1. The zero-order valence-electron chi connectivity index (χ0n) is 8.51. The highest BCUT2D eigenvalue weighted by Crippen LogP contribution is 2.22. The smallest absolute Gasteiger partial charge is 0.414 e. The highest BCUT2D eigenvalue weighted by atomic mass is 16.6. The molecule has 0 bridgehead atoms. The molecule has 0 radical (unpaired) electrons. The summed E-state index contributed by atoms with van der Waals surface area (Å²) in [4.78, 5) is 12.9. The molecule has 1 aromatic carbocycles. The number of hydrogen-bond donors (Lipinski definition) is 1. The van der Waals surface area contributed by atoms with Gasteiger partial charge in [-0.3, -0.25) is 4.90 Å². The van der Waals surface area contributed by atoms with Gasteiger partial charge in [0, 0.05) is 5.69 Å². The summed E-state index contributed by atoms with van der Waals surface area (Å²) in [7, 11) is 0. The summed E-state index contributed by atoms with van der Waals surface area (Å²) < 4.78 is 4.88. The van der Waals surface area contributed by atoms with Gasteiger partial charge in [0.1, 0.15) is 6.61 Å². The van der Waals surface area contributed by atoms with Gasteiger partial charge in [-0.25, -0.2) is 4.79 Å². The quantitative estimate of drug-likeness (QED) is 0.795. The van der Waals surface area contributed by atoms with Crippen LogP contribution in [0.2, 0.25) is 0 Å². The van der Waals surface area contributed by atoms with E-state index >= 15 is 0 Å². The Morgan fingerprint density at radius 2 is 2.13 bits per heavy atom. The first-order chi connectivity index (χ1) is 7.22. The zero-order chi connectivity index (χ0) is 10.8. The Labute approximate surface area is 88.1 Å². The number of aryl methyl sites for hydroxylation is 1. The first-order valence-corrected chi connectivity index (χ1v) is 4.86. The highest BCUT2D eigenvalue weighted by molar-refractivity contribution is 5.90. The number of amides is 1. The van der Waals surface area contributed by atoms with Crippen LogP contribution in [0.15, 0.2) is 24.3 Å². The van der Waals surface area contributed by atoms with Gasteiger partial charge in [0.15, 0.2) is 0 Å². The van der Waals surface area contributed by atoms with Gasteiger partial charge in [0.2, 0.25) is 0 Å². The molecule has 0 spiro atoms. The van der Waals surface area contributed by atoms with Crippen LogP contribution in [0.1, 0.15) is 5.56 Å². The van der Waals surface area contributed by atoms with Crippen molar-refractivity contribution in [1.29, 1.82) is 0 Å². The van der Waals surface area contributed by atoms with E-state index in [0.717, 1.165) is 11.3 Å². The standard InChI is InChI=1S/C11H13NO3/c1-8-2-4-9(5-3-8)12-10(6-13)7-15-11(12)14/h2-5,10,13H,6-7H2,1H3. The van der Waals surface area contributed by atoms with E-state index in [9.17, 15) is 4.79 Å². The lowest BCUT2D eigenvalue weighted by molar-refractivity contribution is 0.174. The van der Waals surface area contributed by atoms with Crippen LogP contribution >= 0.6 is 0 Å². The second kappa shape index (κ2) is 3.90. The SMILES string of the molecule is Cc1ccc(N2C(=O)OCC2CO)cc1. The van der Waals surface area contributed by atoms with E-state index in [2.05, 4.69) is 0 Å². The summed E-state index contributed by atoms with van der Waals surface area (Å²) in [5.41, 5.74) is 1.90. The summed E-state index contributed by atoms with van der Waals surface area (Å²) in [5, 5.41) is 9.10. The Balaban J connectivity index is 2.28. The van der Waals surface area contributed by atoms with Crippen LogP contribution in [0.25, 0.3) is 0 Å². The lowest BCUT2D eigenvalue weighted by Crippen LogP contribution is -2.35. The minimum absolute atomic E-state index is 0.0837. The van der Waals surface area contributed by atoms with E-state index in [1.54, 1.807) is 0 Å². The van der Waals surface area contributed by atoms with Crippen molar-refractivity contribution < 1.29 is 14.6 Å². The van der Waals surface area contributed by atoms with Crippen molar-refractivity contribution in [3.05, 3.63) is 29.8 Å². The second-order valence-electron chi connectivity index (χ2n) is 3.62. The van der Waals surface area contributed by atoms with Crippen LogP contribution in [-0.4, -0.2) is 30.5 Å². The molecule has 80 valence electrons. The van der Waals surface area contributed by atoms with Crippen molar-refractivity contribution in [3.8, 4) is 0 Å². The van der Waals surface area contributed by atoms with Gasteiger partial charge in [0.05, 0.1) is 12.6 Å². The molecule has 15 heavy (non-hydrogen) atoms. The van der Waals surface area contributed by atoms with Crippen molar-refractivity contribution in [2.45, 2.75) is 13.0 Å². The van der Waals surface area contributed by atoms with Crippen molar-refractivity contribution in [3.63, 3.8) is 0 Å². The Morgan fingerprint density at radius 3 is 2.73 bits per heavy atom. The Hall–Kier alpha value is -1.55. The molecule has 0 saturated carbocycles. The molecular formula is C11H13NO3. The zero-order valence-corrected chi connectivity index (χ0v) is 8.51. The second-order valence-corrected chi connectivity index (χ2v) is 3.62. The lowest BCUT2D eigenvalue weighted by Gasteiger charge is -2.19. The molecule has 1 aliphatic rings. The number of rotatable bonds is 2. The van der Waals surface area contributed by atoms with Crippen LogP contribution in [0.5, 0.6) is 0 Å². The van der Waals surface area contributed by atoms with E-state index in [1.807, 2.05) is 31.2 Å². The molecule has 4 nitrogen and oxygen atoms in total. The molecule has 1 aromatic rings. The molecule has 1 atom stereocenters. The van der Waals surface area contributed by atoms with Gasteiger partial charge < -0.3 is 9.84 Å². The maximum atomic E-state index is 11.4. The Kier molecular flexibility index (Phi) is 2.60. The number of benzene rings is 1. The molecule has 1 aliphatic heterocycles. The first-order valence-electron chi connectivity index (χ1n) is 4.86. The van der Waals surface area contributed by atoms with Crippen LogP contribution in [-0.2, 0) is 4.74 Å². The third-order valence-corrected chi connectivity index (χ3v) is 2.48. The van der Waals surface area contributed by atoms with Gasteiger partial charge in [-0.05, 0) is 19.1 Å². The monoisotopic (exact) mass is 207 g/mol. The first kappa shape index (κ1) is 9.98. The van der Waals surface area contributed by atoms with Gasteiger partial charge in [-0.1, -0.05) is 17.7 Å². The number of cyclic esters (lactones) is 1.